The summed E-state index contributed by atoms with van der Waals surface area (Å²) < 4.78 is 85.0. The van der Waals surface area contributed by atoms with Crippen molar-refractivity contribution in [3.05, 3.63) is 0 Å². The Labute approximate surface area is 96.9 Å². The molecule has 0 unspecified atom stereocenters. The lowest BCUT2D eigenvalue weighted by Gasteiger charge is -2.26. The van der Waals surface area contributed by atoms with Crippen molar-refractivity contribution in [2.24, 2.45) is 0 Å². The molecule has 0 atom stereocenters. The molecule has 0 radical (unpaired) electrons. The predicted octanol–water partition coefficient (Wildman–Crippen LogP) is 3.80. The van der Waals surface area contributed by atoms with Gasteiger partial charge in [0.05, 0.1) is 0 Å². The van der Waals surface area contributed by atoms with Crippen LogP contribution in [0.15, 0.2) is 0 Å². The number of carbonyl (C=O) groups is 1. The highest BCUT2D eigenvalue weighted by Crippen LogP contribution is 2.47. The predicted molar refractivity (Wildman–Crippen MR) is 45.5 cm³/mol. The van der Waals surface area contributed by atoms with Crippen LogP contribution in [-0.2, 0) is 4.79 Å². The summed E-state index contributed by atoms with van der Waals surface area (Å²) in [5.74, 6) is -14.6. The summed E-state index contributed by atoms with van der Waals surface area (Å²) in [4.78, 5) is 10.7. The molecule has 0 bridgehead atoms. The highest BCUT2D eigenvalue weighted by atomic mass is 35.5. The molecule has 0 aromatic carbocycles. The average molecular weight is 289 g/mol. The third-order valence-electron chi connectivity index (χ3n) is 1.89. The monoisotopic (exact) mass is 288 g/mol. The van der Waals surface area contributed by atoms with Crippen molar-refractivity contribution in [3.63, 3.8) is 0 Å². The van der Waals surface area contributed by atoms with Crippen molar-refractivity contribution in [3.8, 4) is 0 Å². The zero-order chi connectivity index (χ0) is 13.9. The van der Waals surface area contributed by atoms with Gasteiger partial charge in [-0.25, -0.2) is 0 Å². The second-order valence-corrected chi connectivity index (χ2v) is 3.59. The fourth-order valence-electron chi connectivity index (χ4n) is 0.890. The average Bonchev–Trinajstić information content (AvgIpc) is 2.15. The van der Waals surface area contributed by atoms with Crippen LogP contribution in [0.5, 0.6) is 0 Å². The molecule has 0 aliphatic carbocycles. The number of hydrogen-bond acceptors (Lipinski definition) is 1. The molecule has 17 heavy (non-hydrogen) atoms. The standard InChI is InChI=1S/C8H8ClF7O/c9-4-2-1-3-5(17)6(10,11)7(12,13)8(14,15)16/h1-4H2. The zero-order valence-electron chi connectivity index (χ0n) is 8.26. The van der Waals surface area contributed by atoms with Gasteiger partial charge in [-0.2, -0.15) is 30.7 Å². The molecule has 0 aliphatic rings. The van der Waals surface area contributed by atoms with Gasteiger partial charge in [-0.05, 0) is 12.8 Å². The van der Waals surface area contributed by atoms with Gasteiger partial charge in [-0.3, -0.25) is 4.79 Å². The van der Waals surface area contributed by atoms with Crippen molar-refractivity contribution in [2.45, 2.75) is 37.3 Å². The maximum atomic E-state index is 12.7. The molecule has 0 saturated heterocycles. The van der Waals surface area contributed by atoms with Gasteiger partial charge in [-0.1, -0.05) is 0 Å². The zero-order valence-corrected chi connectivity index (χ0v) is 9.02. The number of unbranched alkanes of at least 4 members (excludes halogenated alkanes) is 1. The van der Waals surface area contributed by atoms with Crippen LogP contribution >= 0.6 is 11.6 Å². The fourth-order valence-corrected chi connectivity index (χ4v) is 1.08. The number of ketones is 1. The molecule has 1 nitrogen and oxygen atoms in total. The molecule has 0 aromatic heterocycles. The number of carbonyl (C=O) groups excluding carboxylic acids is 1. The Morgan fingerprint density at radius 3 is 1.76 bits per heavy atom. The SMILES string of the molecule is O=C(CCCCCl)C(F)(F)C(F)(F)C(F)(F)F. The minimum atomic E-state index is -6.47. The first-order chi connectivity index (χ1) is 7.48. The lowest BCUT2D eigenvalue weighted by atomic mass is 10.0. The lowest BCUT2D eigenvalue weighted by molar-refractivity contribution is -0.343. The number of hydrogen-bond donors (Lipinski definition) is 0. The highest BCUT2D eigenvalue weighted by Gasteiger charge is 2.75. The molecule has 0 rings (SSSR count). The minimum absolute atomic E-state index is 0.00544. The molecule has 0 N–H and O–H groups in total. The van der Waals surface area contributed by atoms with Crippen LogP contribution < -0.4 is 0 Å². The molecule has 0 aromatic rings. The van der Waals surface area contributed by atoms with E-state index >= 15 is 0 Å². The van der Waals surface area contributed by atoms with E-state index in [2.05, 4.69) is 0 Å². The van der Waals surface area contributed by atoms with E-state index in [1.807, 2.05) is 0 Å². The maximum absolute atomic E-state index is 12.7. The van der Waals surface area contributed by atoms with Crippen LogP contribution in [0.3, 0.4) is 0 Å². The second-order valence-electron chi connectivity index (χ2n) is 3.22. The number of halogens is 8. The molecule has 102 valence electrons. The normalized spacial score (nSPS) is 13.9. The van der Waals surface area contributed by atoms with Crippen LogP contribution in [-0.4, -0.2) is 29.7 Å². The minimum Gasteiger partial charge on any atom is -0.293 e. The first-order valence-corrected chi connectivity index (χ1v) is 4.93. The van der Waals surface area contributed by atoms with Crippen LogP contribution in [0.4, 0.5) is 30.7 Å². The van der Waals surface area contributed by atoms with E-state index in [9.17, 15) is 35.5 Å². The Hall–Kier alpha value is -0.530. The van der Waals surface area contributed by atoms with Crippen molar-refractivity contribution in [1.82, 2.24) is 0 Å². The summed E-state index contributed by atoms with van der Waals surface area (Å²) in [6.07, 6.45) is -7.75. The summed E-state index contributed by atoms with van der Waals surface area (Å²) in [6.45, 7) is 0. The van der Waals surface area contributed by atoms with E-state index in [0.717, 1.165) is 0 Å². The molecule has 0 heterocycles. The van der Waals surface area contributed by atoms with Crippen LogP contribution in [0.1, 0.15) is 19.3 Å². The second kappa shape index (κ2) is 5.41. The van der Waals surface area contributed by atoms with E-state index in [4.69, 9.17) is 11.6 Å². The van der Waals surface area contributed by atoms with Crippen molar-refractivity contribution < 1.29 is 35.5 Å². The molecule has 0 aliphatic heterocycles. The van der Waals surface area contributed by atoms with E-state index in [-0.39, 0.29) is 18.7 Å². The van der Waals surface area contributed by atoms with Gasteiger partial charge >= 0.3 is 18.0 Å². The smallest absolute Gasteiger partial charge is 0.293 e. The Morgan fingerprint density at radius 2 is 1.41 bits per heavy atom. The maximum Gasteiger partial charge on any atom is 0.460 e. The first-order valence-electron chi connectivity index (χ1n) is 4.40. The third kappa shape index (κ3) is 3.46. The molecule has 0 fully saturated rings. The van der Waals surface area contributed by atoms with E-state index in [1.54, 1.807) is 0 Å². The van der Waals surface area contributed by atoms with E-state index in [1.165, 1.54) is 0 Å². The number of Topliss-reactive ketones (excluding diaryl/α,β-unsaturated/α-hetero) is 1. The van der Waals surface area contributed by atoms with Crippen LogP contribution in [0.2, 0.25) is 0 Å². The quantitative estimate of drug-likeness (QED) is 0.413. The Kier molecular flexibility index (Phi) is 5.24. The first kappa shape index (κ1) is 16.5. The summed E-state index contributed by atoms with van der Waals surface area (Å²) in [6, 6.07) is 0. The van der Waals surface area contributed by atoms with Crippen molar-refractivity contribution in [1.29, 1.82) is 0 Å². The van der Waals surface area contributed by atoms with Crippen LogP contribution in [0.25, 0.3) is 0 Å². The van der Waals surface area contributed by atoms with Crippen molar-refractivity contribution in [2.75, 3.05) is 5.88 Å². The van der Waals surface area contributed by atoms with Crippen molar-refractivity contribution >= 4 is 17.4 Å². The summed E-state index contributed by atoms with van der Waals surface area (Å²) in [7, 11) is 0. The number of rotatable bonds is 6. The number of alkyl halides is 8. The molecule has 0 saturated carbocycles. The van der Waals surface area contributed by atoms with Gasteiger partial charge in [0.25, 0.3) is 0 Å². The molecule has 0 amide bonds. The van der Waals surface area contributed by atoms with Gasteiger partial charge in [0, 0.05) is 12.3 Å². The van der Waals surface area contributed by atoms with Gasteiger partial charge in [0.1, 0.15) is 0 Å². The largest absolute Gasteiger partial charge is 0.460 e. The Balaban J connectivity index is 4.82. The van der Waals surface area contributed by atoms with E-state index in [0.29, 0.717) is 0 Å². The highest BCUT2D eigenvalue weighted by molar-refractivity contribution is 6.17. The van der Waals surface area contributed by atoms with Crippen LogP contribution in [0, 0.1) is 0 Å². The lowest BCUT2D eigenvalue weighted by Crippen LogP contribution is -2.56. The molecular weight excluding hydrogens is 281 g/mol. The van der Waals surface area contributed by atoms with Gasteiger partial charge < -0.3 is 0 Å². The third-order valence-corrected chi connectivity index (χ3v) is 2.16. The molecule has 9 heteroatoms. The van der Waals surface area contributed by atoms with Gasteiger partial charge in [0.15, 0.2) is 0 Å². The summed E-state index contributed by atoms with van der Waals surface area (Å²) in [5, 5.41) is 0. The Morgan fingerprint density at radius 1 is 0.941 bits per heavy atom. The fraction of sp³-hybridized carbons (Fsp3) is 0.875. The molecular formula is C8H8ClF7O. The van der Waals surface area contributed by atoms with E-state index < -0.39 is 30.2 Å². The Bertz CT molecular complexity index is 274. The molecule has 0 spiro atoms. The summed E-state index contributed by atoms with van der Waals surface area (Å²) in [5.41, 5.74) is 0. The van der Waals surface area contributed by atoms with Gasteiger partial charge in [-0.15, -0.1) is 11.6 Å². The summed E-state index contributed by atoms with van der Waals surface area (Å²) >= 11 is 5.13. The topological polar surface area (TPSA) is 17.1 Å². The van der Waals surface area contributed by atoms with Gasteiger partial charge in [0.2, 0.25) is 5.78 Å².